The fraction of sp³-hybridized carbons (Fsp3) is 0.250. The smallest absolute Gasteiger partial charge is 0.305 e. The number of aliphatic carboxylic acids is 1. The molecular formula is C20H22N2O6. The number of carboxylic acid groups (broad SMARTS) is 1. The van der Waals surface area contributed by atoms with Crippen molar-refractivity contribution in [2.24, 2.45) is 0 Å². The molecule has 3 N–H and O–H groups in total. The van der Waals surface area contributed by atoms with E-state index in [0.29, 0.717) is 22.6 Å². The van der Waals surface area contributed by atoms with E-state index in [-0.39, 0.29) is 13.0 Å². The molecule has 0 aliphatic rings. The molecule has 8 heteroatoms. The first kappa shape index (κ1) is 20.8. The molecule has 0 bridgehead atoms. The summed E-state index contributed by atoms with van der Waals surface area (Å²) in [5, 5.41) is 14.2. The van der Waals surface area contributed by atoms with Crippen molar-refractivity contribution in [3.63, 3.8) is 0 Å². The number of carbonyl (C=O) groups excluding carboxylic acids is 2. The highest BCUT2D eigenvalue weighted by Crippen LogP contribution is 2.27. The normalized spacial score (nSPS) is 11.2. The van der Waals surface area contributed by atoms with Gasteiger partial charge in [-0.1, -0.05) is 30.3 Å². The Balaban J connectivity index is 1.98. The number of benzene rings is 2. The second-order valence-corrected chi connectivity index (χ2v) is 5.88. The van der Waals surface area contributed by atoms with Crippen LogP contribution in [0.2, 0.25) is 0 Å². The molecule has 1 unspecified atom stereocenters. The molecular weight excluding hydrogens is 364 g/mol. The van der Waals surface area contributed by atoms with E-state index in [0.717, 1.165) is 0 Å². The first-order valence-corrected chi connectivity index (χ1v) is 8.51. The van der Waals surface area contributed by atoms with Gasteiger partial charge in [-0.25, -0.2) is 0 Å². The molecule has 0 radical (unpaired) electrons. The van der Waals surface area contributed by atoms with Crippen molar-refractivity contribution < 1.29 is 29.0 Å². The molecule has 0 aliphatic heterocycles. The van der Waals surface area contributed by atoms with Gasteiger partial charge in [0.2, 0.25) is 5.91 Å². The van der Waals surface area contributed by atoms with Gasteiger partial charge < -0.3 is 25.2 Å². The molecule has 0 fully saturated rings. The average Bonchev–Trinajstić information content (AvgIpc) is 2.71. The van der Waals surface area contributed by atoms with E-state index in [9.17, 15) is 14.4 Å². The number of hydrogen-bond acceptors (Lipinski definition) is 5. The van der Waals surface area contributed by atoms with Gasteiger partial charge in [0, 0.05) is 5.56 Å². The predicted octanol–water partition coefficient (Wildman–Crippen LogP) is 1.77. The van der Waals surface area contributed by atoms with Crippen molar-refractivity contribution in [2.75, 3.05) is 20.8 Å². The van der Waals surface area contributed by atoms with Crippen molar-refractivity contribution in [3.05, 3.63) is 59.7 Å². The third-order valence-corrected chi connectivity index (χ3v) is 3.97. The maximum Gasteiger partial charge on any atom is 0.305 e. The summed E-state index contributed by atoms with van der Waals surface area (Å²) in [5.74, 6) is -1.13. The van der Waals surface area contributed by atoms with E-state index in [2.05, 4.69) is 10.6 Å². The Bertz CT molecular complexity index is 838. The summed E-state index contributed by atoms with van der Waals surface area (Å²) < 4.78 is 10.3. The highest BCUT2D eigenvalue weighted by atomic mass is 16.5. The van der Waals surface area contributed by atoms with Crippen LogP contribution in [-0.4, -0.2) is 43.7 Å². The maximum atomic E-state index is 12.3. The van der Waals surface area contributed by atoms with Gasteiger partial charge in [0.25, 0.3) is 5.91 Å². The van der Waals surface area contributed by atoms with E-state index in [1.165, 1.54) is 20.3 Å². The second-order valence-electron chi connectivity index (χ2n) is 5.88. The van der Waals surface area contributed by atoms with Crippen LogP contribution in [0.3, 0.4) is 0 Å². The van der Waals surface area contributed by atoms with Crippen LogP contribution in [-0.2, 0) is 9.59 Å². The molecule has 1 atom stereocenters. The molecule has 0 spiro atoms. The summed E-state index contributed by atoms with van der Waals surface area (Å²) in [7, 11) is 2.95. The number of rotatable bonds is 9. The summed E-state index contributed by atoms with van der Waals surface area (Å²) in [4.78, 5) is 35.6. The molecule has 2 aromatic rings. The first-order chi connectivity index (χ1) is 13.4. The van der Waals surface area contributed by atoms with Gasteiger partial charge in [0.15, 0.2) is 11.5 Å². The Morgan fingerprint density at radius 1 is 1.00 bits per heavy atom. The van der Waals surface area contributed by atoms with Crippen LogP contribution in [0.1, 0.15) is 28.4 Å². The minimum Gasteiger partial charge on any atom is -0.493 e. The van der Waals surface area contributed by atoms with Crippen LogP contribution >= 0.6 is 0 Å². The molecule has 0 saturated carbocycles. The van der Waals surface area contributed by atoms with Crippen molar-refractivity contribution in [1.29, 1.82) is 0 Å². The molecule has 0 aromatic heterocycles. The minimum atomic E-state index is -1.04. The number of carbonyl (C=O) groups is 3. The summed E-state index contributed by atoms with van der Waals surface area (Å²) >= 11 is 0. The Kier molecular flexibility index (Phi) is 7.38. The quantitative estimate of drug-likeness (QED) is 0.605. The van der Waals surface area contributed by atoms with Gasteiger partial charge in [-0.2, -0.15) is 0 Å². The molecule has 0 heterocycles. The van der Waals surface area contributed by atoms with Crippen molar-refractivity contribution in [3.8, 4) is 11.5 Å². The van der Waals surface area contributed by atoms with Crippen molar-refractivity contribution >= 4 is 17.8 Å². The number of amides is 2. The van der Waals surface area contributed by atoms with Gasteiger partial charge in [0.1, 0.15) is 0 Å². The Morgan fingerprint density at radius 3 is 2.29 bits per heavy atom. The minimum absolute atomic E-state index is 0.265. The fourth-order valence-corrected chi connectivity index (χ4v) is 2.60. The van der Waals surface area contributed by atoms with Gasteiger partial charge in [-0.3, -0.25) is 14.4 Å². The Morgan fingerprint density at radius 2 is 1.68 bits per heavy atom. The van der Waals surface area contributed by atoms with Crippen molar-refractivity contribution in [1.82, 2.24) is 10.6 Å². The third kappa shape index (κ3) is 5.73. The van der Waals surface area contributed by atoms with E-state index in [1.807, 2.05) is 0 Å². The van der Waals surface area contributed by atoms with Gasteiger partial charge in [0.05, 0.1) is 33.2 Å². The van der Waals surface area contributed by atoms with Crippen LogP contribution in [0, 0.1) is 0 Å². The van der Waals surface area contributed by atoms with Crippen LogP contribution in [0.25, 0.3) is 0 Å². The van der Waals surface area contributed by atoms with Crippen LogP contribution < -0.4 is 20.1 Å². The molecule has 148 valence electrons. The number of ether oxygens (including phenoxy) is 2. The SMILES string of the molecule is COc1ccc(C(=O)NCC(=O)NC(CC(=O)O)c2ccccc2)cc1OC. The van der Waals surface area contributed by atoms with E-state index in [4.69, 9.17) is 14.6 Å². The number of hydrogen-bond donors (Lipinski definition) is 3. The standard InChI is InChI=1S/C20H22N2O6/c1-27-16-9-8-14(10-17(16)28-2)20(26)21-12-18(23)22-15(11-19(24)25)13-6-4-3-5-7-13/h3-10,15H,11-12H2,1-2H3,(H,21,26)(H,22,23)(H,24,25). The molecule has 2 amide bonds. The van der Waals surface area contributed by atoms with Gasteiger partial charge >= 0.3 is 5.97 Å². The molecule has 0 saturated heterocycles. The number of methoxy groups -OCH3 is 2. The lowest BCUT2D eigenvalue weighted by Gasteiger charge is -2.17. The third-order valence-electron chi connectivity index (χ3n) is 3.97. The summed E-state index contributed by atoms with van der Waals surface area (Å²) in [6, 6.07) is 12.7. The largest absolute Gasteiger partial charge is 0.493 e. The molecule has 0 aliphatic carbocycles. The average molecular weight is 386 g/mol. The van der Waals surface area contributed by atoms with Crippen LogP contribution in [0.4, 0.5) is 0 Å². The van der Waals surface area contributed by atoms with Gasteiger partial charge in [-0.05, 0) is 23.8 Å². The van der Waals surface area contributed by atoms with Crippen LogP contribution in [0.15, 0.2) is 48.5 Å². The number of nitrogens with one attached hydrogen (secondary N) is 2. The van der Waals surface area contributed by atoms with Crippen LogP contribution in [0.5, 0.6) is 11.5 Å². The summed E-state index contributed by atoms with van der Waals surface area (Å²) in [5.41, 5.74) is 0.972. The lowest BCUT2D eigenvalue weighted by atomic mass is 10.0. The monoisotopic (exact) mass is 386 g/mol. The van der Waals surface area contributed by atoms with Crippen molar-refractivity contribution in [2.45, 2.75) is 12.5 Å². The zero-order valence-electron chi connectivity index (χ0n) is 15.6. The summed E-state index contributed by atoms with van der Waals surface area (Å²) in [6.45, 7) is -0.296. The fourth-order valence-electron chi connectivity index (χ4n) is 2.60. The highest BCUT2D eigenvalue weighted by Gasteiger charge is 2.18. The molecule has 8 nitrogen and oxygen atoms in total. The summed E-state index contributed by atoms with van der Waals surface area (Å²) in [6.07, 6.45) is -0.265. The first-order valence-electron chi connectivity index (χ1n) is 8.51. The zero-order chi connectivity index (χ0) is 20.5. The number of carboxylic acids is 1. The van der Waals surface area contributed by atoms with E-state index < -0.39 is 23.8 Å². The maximum absolute atomic E-state index is 12.3. The Hall–Kier alpha value is -3.55. The Labute approximate surface area is 162 Å². The molecule has 2 rings (SSSR count). The molecule has 28 heavy (non-hydrogen) atoms. The molecule has 2 aromatic carbocycles. The lowest BCUT2D eigenvalue weighted by Crippen LogP contribution is -2.39. The van der Waals surface area contributed by atoms with E-state index in [1.54, 1.807) is 42.5 Å². The highest BCUT2D eigenvalue weighted by molar-refractivity contribution is 5.97. The zero-order valence-corrected chi connectivity index (χ0v) is 15.6. The predicted molar refractivity (Wildman–Crippen MR) is 101 cm³/mol. The van der Waals surface area contributed by atoms with Gasteiger partial charge in [-0.15, -0.1) is 0 Å². The lowest BCUT2D eigenvalue weighted by molar-refractivity contribution is -0.137. The second kappa shape index (κ2) is 9.96. The topological polar surface area (TPSA) is 114 Å². The van der Waals surface area contributed by atoms with E-state index >= 15 is 0 Å².